The number of esters is 1. The van der Waals surface area contributed by atoms with Crippen molar-refractivity contribution >= 4 is 40.0 Å². The number of benzene rings is 2. The molecule has 8 nitrogen and oxygen atoms in total. The second-order valence-electron chi connectivity index (χ2n) is 9.44. The number of carbonyl (C=O) groups is 3. The zero-order valence-corrected chi connectivity index (χ0v) is 21.7. The minimum absolute atomic E-state index is 0.0342. The molecule has 3 aromatic rings. The number of Topliss-reactive ketones (excluding diaryl/α,β-unsaturated/α-hetero) is 1. The van der Waals surface area contributed by atoms with Crippen molar-refractivity contribution in [3.05, 3.63) is 75.2 Å². The number of ether oxygens (including phenoxy) is 2. The maximum atomic E-state index is 13.9. The van der Waals surface area contributed by atoms with Gasteiger partial charge in [0.15, 0.2) is 23.2 Å². The Labute approximate surface area is 224 Å². The van der Waals surface area contributed by atoms with Crippen LogP contribution in [0.15, 0.2) is 41.3 Å². The standard InChI is InChI=1S/C26H23ClF4N2O6/c1-26(2,3)39-21(36)10-18(19(34)12-38-24-22(30)16(28)9-17(29)23(24)31)32-20(35)11-33-7-6-13-4-5-14(27)8-15(13)25(33)37/h4-9,18H,10-12H2,1-3H3,(H,32,35). The molecule has 3 rings (SSSR count). The van der Waals surface area contributed by atoms with E-state index in [4.69, 9.17) is 16.3 Å². The highest BCUT2D eigenvalue weighted by atomic mass is 35.5. The first-order valence-corrected chi connectivity index (χ1v) is 11.8. The molecule has 0 aliphatic rings. The van der Waals surface area contributed by atoms with Crippen LogP contribution in [0.4, 0.5) is 17.6 Å². The lowest BCUT2D eigenvalue weighted by atomic mass is 10.1. The van der Waals surface area contributed by atoms with E-state index in [1.807, 2.05) is 0 Å². The van der Waals surface area contributed by atoms with Crippen LogP contribution in [0.3, 0.4) is 0 Å². The number of nitrogens with one attached hydrogen (secondary N) is 1. The number of hydrogen-bond acceptors (Lipinski definition) is 6. The van der Waals surface area contributed by atoms with E-state index in [0.717, 1.165) is 4.57 Å². The highest BCUT2D eigenvalue weighted by Gasteiger charge is 2.29. The van der Waals surface area contributed by atoms with Gasteiger partial charge in [0.2, 0.25) is 17.5 Å². The van der Waals surface area contributed by atoms with Gasteiger partial charge >= 0.3 is 5.97 Å². The Bertz CT molecular complexity index is 1480. The number of hydrogen-bond donors (Lipinski definition) is 1. The van der Waals surface area contributed by atoms with Crippen molar-refractivity contribution in [1.29, 1.82) is 0 Å². The average Bonchev–Trinajstić information content (AvgIpc) is 2.83. The van der Waals surface area contributed by atoms with Crippen LogP contribution in [0.1, 0.15) is 27.2 Å². The SMILES string of the molecule is CC(C)(C)OC(=O)CC(NC(=O)Cn1ccc2ccc(Cl)cc2c1=O)C(=O)COc1c(F)c(F)cc(F)c1F. The Balaban J connectivity index is 1.80. The predicted octanol–water partition coefficient (Wildman–Crippen LogP) is 4.08. The lowest BCUT2D eigenvalue weighted by molar-refractivity contribution is -0.156. The molecule has 0 aliphatic carbocycles. The van der Waals surface area contributed by atoms with E-state index in [2.05, 4.69) is 10.1 Å². The van der Waals surface area contributed by atoms with E-state index in [9.17, 15) is 36.7 Å². The van der Waals surface area contributed by atoms with Crippen LogP contribution < -0.4 is 15.6 Å². The van der Waals surface area contributed by atoms with Gasteiger partial charge in [-0.1, -0.05) is 17.7 Å². The summed E-state index contributed by atoms with van der Waals surface area (Å²) in [5.74, 6) is -11.6. The van der Waals surface area contributed by atoms with E-state index >= 15 is 0 Å². The first-order chi connectivity index (χ1) is 18.2. The maximum absolute atomic E-state index is 13.9. The first kappa shape index (κ1) is 29.6. The van der Waals surface area contributed by atoms with Crippen molar-refractivity contribution in [2.75, 3.05) is 6.61 Å². The molecule has 1 atom stereocenters. The van der Waals surface area contributed by atoms with Gasteiger partial charge in [-0.15, -0.1) is 0 Å². The summed E-state index contributed by atoms with van der Waals surface area (Å²) in [4.78, 5) is 50.7. The second kappa shape index (κ2) is 11.9. The third-order valence-electron chi connectivity index (χ3n) is 5.20. The topological polar surface area (TPSA) is 104 Å². The number of pyridine rings is 1. The van der Waals surface area contributed by atoms with Gasteiger partial charge in [0.05, 0.1) is 6.42 Å². The van der Waals surface area contributed by atoms with Crippen LogP contribution in [-0.2, 0) is 25.7 Å². The van der Waals surface area contributed by atoms with Crippen LogP contribution in [-0.4, -0.2) is 40.5 Å². The fourth-order valence-electron chi connectivity index (χ4n) is 3.49. The molecule has 0 saturated carbocycles. The number of ketones is 1. The molecule has 0 radical (unpaired) electrons. The third-order valence-corrected chi connectivity index (χ3v) is 5.43. The average molecular weight is 571 g/mol. The minimum atomic E-state index is -1.87. The molecule has 208 valence electrons. The number of carbonyl (C=O) groups excluding carboxylic acids is 3. The van der Waals surface area contributed by atoms with Crippen LogP contribution in [0.5, 0.6) is 5.75 Å². The zero-order chi connectivity index (χ0) is 29.1. The number of halogens is 5. The number of amides is 1. The maximum Gasteiger partial charge on any atom is 0.308 e. The van der Waals surface area contributed by atoms with Gasteiger partial charge in [-0.2, -0.15) is 8.78 Å². The molecule has 1 aromatic heterocycles. The van der Waals surface area contributed by atoms with Gasteiger partial charge in [0.1, 0.15) is 24.8 Å². The van der Waals surface area contributed by atoms with Crippen molar-refractivity contribution in [2.24, 2.45) is 0 Å². The molecule has 13 heteroatoms. The highest BCUT2D eigenvalue weighted by molar-refractivity contribution is 6.31. The molecule has 39 heavy (non-hydrogen) atoms. The monoisotopic (exact) mass is 570 g/mol. The molecule has 0 saturated heterocycles. The fraction of sp³-hybridized carbons (Fsp3) is 0.308. The Morgan fingerprint density at radius 3 is 2.28 bits per heavy atom. The lowest BCUT2D eigenvalue weighted by Gasteiger charge is -2.22. The molecule has 0 spiro atoms. The summed E-state index contributed by atoms with van der Waals surface area (Å²) in [5.41, 5.74) is -1.50. The van der Waals surface area contributed by atoms with Crippen LogP contribution >= 0.6 is 11.6 Å². The van der Waals surface area contributed by atoms with Gasteiger partial charge < -0.3 is 19.4 Å². The smallest absolute Gasteiger partial charge is 0.308 e. The third kappa shape index (κ3) is 7.56. The molecule has 0 bridgehead atoms. The summed E-state index contributed by atoms with van der Waals surface area (Å²) in [7, 11) is 0. The van der Waals surface area contributed by atoms with E-state index in [-0.39, 0.29) is 11.5 Å². The zero-order valence-electron chi connectivity index (χ0n) is 20.9. The first-order valence-electron chi connectivity index (χ1n) is 11.4. The summed E-state index contributed by atoms with van der Waals surface area (Å²) in [6.45, 7) is 2.95. The van der Waals surface area contributed by atoms with E-state index in [1.165, 1.54) is 12.3 Å². The lowest BCUT2D eigenvalue weighted by Crippen LogP contribution is -2.46. The quantitative estimate of drug-likeness (QED) is 0.236. The Morgan fingerprint density at radius 2 is 1.67 bits per heavy atom. The highest BCUT2D eigenvalue weighted by Crippen LogP contribution is 2.26. The van der Waals surface area contributed by atoms with Crippen LogP contribution in [0.25, 0.3) is 10.8 Å². The van der Waals surface area contributed by atoms with E-state index in [0.29, 0.717) is 10.4 Å². The largest absolute Gasteiger partial charge is 0.479 e. The molecular weight excluding hydrogens is 548 g/mol. The van der Waals surface area contributed by atoms with E-state index < -0.39 is 83.5 Å². The molecule has 1 unspecified atom stereocenters. The molecular formula is C26H23ClF4N2O6. The van der Waals surface area contributed by atoms with Gasteiger partial charge in [0.25, 0.3) is 5.56 Å². The van der Waals surface area contributed by atoms with E-state index in [1.54, 1.807) is 39.0 Å². The van der Waals surface area contributed by atoms with Crippen molar-refractivity contribution in [2.45, 2.75) is 45.4 Å². The fourth-order valence-corrected chi connectivity index (χ4v) is 3.66. The molecule has 0 aliphatic heterocycles. The summed E-state index contributed by atoms with van der Waals surface area (Å²) in [5, 5.41) is 3.38. The van der Waals surface area contributed by atoms with Crippen molar-refractivity contribution < 1.29 is 41.4 Å². The molecule has 0 fully saturated rings. The Hall–Kier alpha value is -3.93. The normalized spacial score (nSPS) is 12.2. The van der Waals surface area contributed by atoms with Crippen molar-refractivity contribution in [3.63, 3.8) is 0 Å². The molecule has 1 amide bonds. The van der Waals surface area contributed by atoms with Gasteiger partial charge in [-0.05, 0) is 44.4 Å². The van der Waals surface area contributed by atoms with Crippen LogP contribution in [0.2, 0.25) is 5.02 Å². The summed E-state index contributed by atoms with van der Waals surface area (Å²) in [6, 6.07) is 4.53. The number of rotatable bonds is 9. The number of fused-ring (bicyclic) bond motifs is 1. The molecule has 2 aromatic carbocycles. The van der Waals surface area contributed by atoms with Crippen molar-refractivity contribution in [1.82, 2.24) is 9.88 Å². The predicted molar refractivity (Wildman–Crippen MR) is 132 cm³/mol. The molecule has 1 heterocycles. The van der Waals surface area contributed by atoms with Crippen molar-refractivity contribution in [3.8, 4) is 5.75 Å². The Kier molecular flexibility index (Phi) is 9.00. The second-order valence-corrected chi connectivity index (χ2v) is 9.88. The molecule has 1 N–H and O–H groups in total. The van der Waals surface area contributed by atoms with Gasteiger partial charge in [-0.3, -0.25) is 19.2 Å². The van der Waals surface area contributed by atoms with Gasteiger partial charge in [-0.25, -0.2) is 8.78 Å². The summed E-state index contributed by atoms with van der Waals surface area (Å²) in [6.07, 6.45) is 0.631. The minimum Gasteiger partial charge on any atom is -0.479 e. The number of aromatic nitrogens is 1. The summed E-state index contributed by atoms with van der Waals surface area (Å²) >= 11 is 5.95. The summed E-state index contributed by atoms with van der Waals surface area (Å²) < 4.78 is 65.6. The Morgan fingerprint density at radius 1 is 1.03 bits per heavy atom. The van der Waals surface area contributed by atoms with Gasteiger partial charge in [0, 0.05) is 22.7 Å². The number of nitrogens with zero attached hydrogens (tertiary/aromatic N) is 1. The van der Waals surface area contributed by atoms with Crippen LogP contribution in [0, 0.1) is 23.3 Å².